The van der Waals surface area contributed by atoms with Crippen molar-refractivity contribution >= 4 is 23.5 Å². The maximum atomic E-state index is 12.4. The number of carbonyl (C=O) groups excluding carboxylic acids is 1. The maximum Gasteiger partial charge on any atom is 0.328 e. The minimum atomic E-state index is -1.06. The lowest BCUT2D eigenvalue weighted by Crippen LogP contribution is -2.52. The van der Waals surface area contributed by atoms with Crippen LogP contribution in [-0.2, 0) is 9.53 Å². The van der Waals surface area contributed by atoms with Gasteiger partial charge >= 0.3 is 5.97 Å². The summed E-state index contributed by atoms with van der Waals surface area (Å²) in [6, 6.07) is 4.04. The fourth-order valence-corrected chi connectivity index (χ4v) is 2.37. The number of carbonyl (C=O) groups is 2. The molecule has 1 fully saturated rings. The van der Waals surface area contributed by atoms with Crippen molar-refractivity contribution in [3.8, 4) is 0 Å². The molecule has 19 heavy (non-hydrogen) atoms. The van der Waals surface area contributed by atoms with E-state index in [9.17, 15) is 9.59 Å². The zero-order valence-electron chi connectivity index (χ0n) is 10.4. The van der Waals surface area contributed by atoms with Crippen LogP contribution in [0.4, 0.5) is 0 Å². The van der Waals surface area contributed by atoms with Gasteiger partial charge in [0.25, 0.3) is 5.91 Å². The molecule has 1 aliphatic heterocycles. The average molecular weight is 284 g/mol. The Morgan fingerprint density at radius 1 is 1.42 bits per heavy atom. The molecule has 1 unspecified atom stereocenters. The van der Waals surface area contributed by atoms with Crippen LogP contribution in [-0.4, -0.2) is 47.7 Å². The highest BCUT2D eigenvalue weighted by molar-refractivity contribution is 6.31. The van der Waals surface area contributed by atoms with Gasteiger partial charge in [-0.25, -0.2) is 4.79 Å². The summed E-state index contributed by atoms with van der Waals surface area (Å²) in [5.41, 5.74) is 1.26. The fourth-order valence-electron chi connectivity index (χ4n) is 2.08. The van der Waals surface area contributed by atoms with Crippen LogP contribution in [0.1, 0.15) is 15.9 Å². The van der Waals surface area contributed by atoms with Crippen molar-refractivity contribution in [1.82, 2.24) is 4.90 Å². The SMILES string of the molecule is Cc1cc(Cl)cc(C(=O)N2CCOCC2C(=O)O)c1. The van der Waals surface area contributed by atoms with Gasteiger partial charge < -0.3 is 14.7 Å². The highest BCUT2D eigenvalue weighted by Crippen LogP contribution is 2.18. The van der Waals surface area contributed by atoms with E-state index in [0.717, 1.165) is 5.56 Å². The van der Waals surface area contributed by atoms with E-state index in [-0.39, 0.29) is 19.1 Å². The molecule has 0 bridgehead atoms. The summed E-state index contributed by atoms with van der Waals surface area (Å²) in [4.78, 5) is 24.8. The Balaban J connectivity index is 2.28. The number of hydrogen-bond donors (Lipinski definition) is 1. The molecule has 0 radical (unpaired) electrons. The van der Waals surface area contributed by atoms with Crippen molar-refractivity contribution < 1.29 is 19.4 Å². The van der Waals surface area contributed by atoms with Gasteiger partial charge in [-0.3, -0.25) is 4.79 Å². The number of benzene rings is 1. The van der Waals surface area contributed by atoms with Gasteiger partial charge in [0, 0.05) is 17.1 Å². The number of halogens is 1. The largest absolute Gasteiger partial charge is 0.480 e. The van der Waals surface area contributed by atoms with Crippen LogP contribution >= 0.6 is 11.6 Å². The fraction of sp³-hybridized carbons (Fsp3) is 0.385. The molecule has 1 aliphatic rings. The van der Waals surface area contributed by atoms with Crippen molar-refractivity contribution in [1.29, 1.82) is 0 Å². The molecule has 0 saturated carbocycles. The molecule has 1 aromatic rings. The lowest BCUT2D eigenvalue weighted by molar-refractivity contribution is -0.147. The molecule has 1 N–H and O–H groups in total. The molecule has 6 heteroatoms. The van der Waals surface area contributed by atoms with Crippen LogP contribution in [0.2, 0.25) is 5.02 Å². The lowest BCUT2D eigenvalue weighted by Gasteiger charge is -2.33. The molecule has 0 aliphatic carbocycles. The number of carboxylic acid groups (broad SMARTS) is 1. The monoisotopic (exact) mass is 283 g/mol. The summed E-state index contributed by atoms with van der Waals surface area (Å²) in [5, 5.41) is 9.58. The van der Waals surface area contributed by atoms with Gasteiger partial charge in [-0.15, -0.1) is 0 Å². The smallest absolute Gasteiger partial charge is 0.328 e. The summed E-state index contributed by atoms with van der Waals surface area (Å²) in [7, 11) is 0. The number of nitrogens with zero attached hydrogens (tertiary/aromatic N) is 1. The van der Waals surface area contributed by atoms with Gasteiger partial charge in [0.2, 0.25) is 0 Å². The van der Waals surface area contributed by atoms with Gasteiger partial charge in [0.1, 0.15) is 0 Å². The molecule has 1 atom stereocenters. The number of carboxylic acids is 1. The molecular weight excluding hydrogens is 270 g/mol. The Bertz CT molecular complexity index is 497. The number of rotatable bonds is 2. The first-order valence-corrected chi connectivity index (χ1v) is 6.25. The molecule has 1 aromatic carbocycles. The van der Waals surface area contributed by atoms with E-state index in [0.29, 0.717) is 17.2 Å². The Labute approximate surface area is 115 Å². The third-order valence-corrected chi connectivity index (χ3v) is 3.18. The van der Waals surface area contributed by atoms with Crippen LogP contribution in [0.25, 0.3) is 0 Å². The first-order valence-electron chi connectivity index (χ1n) is 5.88. The first kappa shape index (κ1) is 13.8. The molecule has 102 valence electrons. The van der Waals surface area contributed by atoms with Crippen LogP contribution in [0.3, 0.4) is 0 Å². The number of ether oxygens (including phenoxy) is 1. The number of hydrogen-bond acceptors (Lipinski definition) is 3. The molecule has 2 rings (SSSR count). The van der Waals surface area contributed by atoms with Crippen molar-refractivity contribution in [2.24, 2.45) is 0 Å². The number of aryl methyl sites for hydroxylation is 1. The van der Waals surface area contributed by atoms with Gasteiger partial charge in [0.05, 0.1) is 13.2 Å². The average Bonchev–Trinajstić information content (AvgIpc) is 2.36. The molecule has 1 amide bonds. The van der Waals surface area contributed by atoms with Gasteiger partial charge in [-0.2, -0.15) is 0 Å². The van der Waals surface area contributed by atoms with E-state index in [1.54, 1.807) is 18.2 Å². The second-order valence-electron chi connectivity index (χ2n) is 4.44. The number of morpholine rings is 1. The quantitative estimate of drug-likeness (QED) is 0.895. The van der Waals surface area contributed by atoms with E-state index in [1.807, 2.05) is 6.92 Å². The van der Waals surface area contributed by atoms with Gasteiger partial charge in [0.15, 0.2) is 6.04 Å². The highest BCUT2D eigenvalue weighted by Gasteiger charge is 2.33. The van der Waals surface area contributed by atoms with Crippen LogP contribution in [0, 0.1) is 6.92 Å². The van der Waals surface area contributed by atoms with Crippen LogP contribution in [0.15, 0.2) is 18.2 Å². The third kappa shape index (κ3) is 3.05. The van der Waals surface area contributed by atoms with Crippen LogP contribution in [0.5, 0.6) is 0 Å². The van der Waals surface area contributed by atoms with E-state index in [2.05, 4.69) is 0 Å². The highest BCUT2D eigenvalue weighted by atomic mass is 35.5. The predicted molar refractivity (Wildman–Crippen MR) is 69.5 cm³/mol. The summed E-state index contributed by atoms with van der Waals surface area (Å²) in [6.45, 7) is 2.45. The molecule has 5 nitrogen and oxygen atoms in total. The second kappa shape index (κ2) is 5.59. The normalized spacial score (nSPS) is 19.3. The van der Waals surface area contributed by atoms with E-state index < -0.39 is 12.0 Å². The van der Waals surface area contributed by atoms with Gasteiger partial charge in [-0.05, 0) is 30.7 Å². The number of aliphatic carboxylic acids is 1. The zero-order chi connectivity index (χ0) is 14.0. The Kier molecular flexibility index (Phi) is 4.07. The van der Waals surface area contributed by atoms with Crippen LogP contribution < -0.4 is 0 Å². The van der Waals surface area contributed by atoms with E-state index in [1.165, 1.54) is 4.90 Å². The third-order valence-electron chi connectivity index (χ3n) is 2.96. The summed E-state index contributed by atoms with van der Waals surface area (Å²) in [6.07, 6.45) is 0. The van der Waals surface area contributed by atoms with E-state index >= 15 is 0 Å². The van der Waals surface area contributed by atoms with Crippen molar-refractivity contribution in [3.05, 3.63) is 34.3 Å². The molecular formula is C13H14ClNO4. The predicted octanol–water partition coefficient (Wildman–Crippen LogP) is 1.57. The summed E-state index contributed by atoms with van der Waals surface area (Å²) >= 11 is 5.92. The van der Waals surface area contributed by atoms with Crippen molar-refractivity contribution in [2.75, 3.05) is 19.8 Å². The first-order chi connectivity index (χ1) is 8.99. The topological polar surface area (TPSA) is 66.8 Å². The Morgan fingerprint density at radius 2 is 2.16 bits per heavy atom. The molecule has 1 heterocycles. The Hall–Kier alpha value is -1.59. The zero-order valence-corrected chi connectivity index (χ0v) is 11.2. The van der Waals surface area contributed by atoms with Crippen molar-refractivity contribution in [3.63, 3.8) is 0 Å². The summed E-state index contributed by atoms with van der Waals surface area (Å²) < 4.78 is 5.11. The minimum absolute atomic E-state index is 0.0145. The van der Waals surface area contributed by atoms with Crippen molar-refractivity contribution in [2.45, 2.75) is 13.0 Å². The Morgan fingerprint density at radius 3 is 2.79 bits per heavy atom. The molecule has 0 aromatic heterocycles. The molecule has 0 spiro atoms. The van der Waals surface area contributed by atoms with E-state index in [4.69, 9.17) is 21.4 Å². The maximum absolute atomic E-state index is 12.4. The summed E-state index contributed by atoms with van der Waals surface area (Å²) in [5.74, 6) is -1.40. The number of amides is 1. The van der Waals surface area contributed by atoms with Gasteiger partial charge in [-0.1, -0.05) is 11.6 Å². The lowest BCUT2D eigenvalue weighted by atomic mass is 10.1. The standard InChI is InChI=1S/C13H14ClNO4/c1-8-4-9(6-10(14)5-8)12(16)15-2-3-19-7-11(15)13(17)18/h4-6,11H,2-3,7H2,1H3,(H,17,18). The minimum Gasteiger partial charge on any atom is -0.480 e. The molecule has 1 saturated heterocycles. The second-order valence-corrected chi connectivity index (χ2v) is 4.88.